The number of hydrogen-bond donors (Lipinski definition) is 3. The summed E-state index contributed by atoms with van der Waals surface area (Å²) in [6, 6.07) is 5.68. The van der Waals surface area contributed by atoms with Crippen LogP contribution in [0.4, 0.5) is 23.1 Å². The van der Waals surface area contributed by atoms with Gasteiger partial charge in [0.15, 0.2) is 0 Å². The number of H-pyrrole nitrogens is 1. The number of carbonyl (C=O) groups is 2. The Morgan fingerprint density at radius 1 is 1.22 bits per heavy atom. The van der Waals surface area contributed by atoms with E-state index in [9.17, 15) is 24.5 Å². The van der Waals surface area contributed by atoms with Crippen molar-refractivity contribution in [2.45, 2.75) is 32.6 Å². The number of nitro benzene ring substituents is 1. The molecule has 2 aliphatic rings. The van der Waals surface area contributed by atoms with Crippen molar-refractivity contribution < 1.29 is 14.5 Å². The first kappa shape index (κ1) is 21.5. The van der Waals surface area contributed by atoms with E-state index in [4.69, 9.17) is 0 Å². The first-order chi connectivity index (χ1) is 15.2. The minimum atomic E-state index is -1.12. The number of hydrogen-bond acceptors (Lipinski definition) is 7. The molecule has 11 heteroatoms. The van der Waals surface area contributed by atoms with Crippen LogP contribution in [-0.4, -0.2) is 39.8 Å². The number of amides is 2. The molecule has 2 aliphatic heterocycles. The van der Waals surface area contributed by atoms with Gasteiger partial charge in [-0.1, -0.05) is 26.0 Å². The SMILES string of the molecule is C[C@H]1C[C@H](C)CN(c2nc3c(c(=O)[nH]2)[C@@H](C(=O)Nc2ccccc2[N+](=O)[O-])CC(=O)N3)C1. The smallest absolute Gasteiger partial charge is 0.292 e. The lowest BCUT2D eigenvalue weighted by Gasteiger charge is -2.35. The molecule has 0 bridgehead atoms. The van der Waals surface area contributed by atoms with Crippen molar-refractivity contribution >= 4 is 35.0 Å². The van der Waals surface area contributed by atoms with E-state index in [1.165, 1.54) is 18.2 Å². The molecule has 3 atom stereocenters. The molecule has 0 saturated carbocycles. The number of aromatic amines is 1. The Labute approximate surface area is 183 Å². The average molecular weight is 440 g/mol. The number of benzene rings is 1. The third-order valence-electron chi connectivity index (χ3n) is 5.78. The van der Waals surface area contributed by atoms with Crippen molar-refractivity contribution in [3.8, 4) is 0 Å². The summed E-state index contributed by atoms with van der Waals surface area (Å²) in [4.78, 5) is 58.1. The molecule has 32 heavy (non-hydrogen) atoms. The Kier molecular flexibility index (Phi) is 5.64. The van der Waals surface area contributed by atoms with E-state index in [2.05, 4.69) is 34.4 Å². The maximum absolute atomic E-state index is 13.0. The van der Waals surface area contributed by atoms with E-state index < -0.39 is 28.2 Å². The molecule has 1 aromatic carbocycles. The zero-order valence-electron chi connectivity index (χ0n) is 17.8. The lowest BCUT2D eigenvalue weighted by molar-refractivity contribution is -0.383. The Balaban J connectivity index is 1.66. The summed E-state index contributed by atoms with van der Waals surface area (Å²) < 4.78 is 0. The van der Waals surface area contributed by atoms with E-state index >= 15 is 0 Å². The van der Waals surface area contributed by atoms with Crippen molar-refractivity contribution in [3.05, 3.63) is 50.3 Å². The van der Waals surface area contributed by atoms with Crippen LogP contribution >= 0.6 is 0 Å². The Morgan fingerprint density at radius 3 is 2.59 bits per heavy atom. The molecule has 1 fully saturated rings. The summed E-state index contributed by atoms with van der Waals surface area (Å²) in [5, 5.41) is 16.3. The normalized spacial score (nSPS) is 22.6. The molecule has 2 amide bonds. The number of fused-ring (bicyclic) bond motifs is 1. The highest BCUT2D eigenvalue weighted by molar-refractivity contribution is 6.05. The van der Waals surface area contributed by atoms with Gasteiger partial charge in [0.2, 0.25) is 17.8 Å². The lowest BCUT2D eigenvalue weighted by atomic mass is 9.91. The minimum absolute atomic E-state index is 0.00710. The highest BCUT2D eigenvalue weighted by atomic mass is 16.6. The zero-order chi connectivity index (χ0) is 23.0. The van der Waals surface area contributed by atoms with Crippen molar-refractivity contribution in [2.75, 3.05) is 28.6 Å². The maximum atomic E-state index is 13.0. The molecule has 0 unspecified atom stereocenters. The third kappa shape index (κ3) is 4.18. The Hall–Kier alpha value is -3.76. The van der Waals surface area contributed by atoms with Gasteiger partial charge in [0.1, 0.15) is 11.5 Å². The van der Waals surface area contributed by atoms with Gasteiger partial charge in [-0.2, -0.15) is 4.98 Å². The van der Waals surface area contributed by atoms with Gasteiger partial charge < -0.3 is 15.5 Å². The second-order valence-corrected chi connectivity index (χ2v) is 8.57. The van der Waals surface area contributed by atoms with Gasteiger partial charge >= 0.3 is 0 Å². The number of nitrogens with zero attached hydrogens (tertiary/aromatic N) is 3. The molecule has 2 aromatic rings. The maximum Gasteiger partial charge on any atom is 0.292 e. The van der Waals surface area contributed by atoms with Gasteiger partial charge in [0, 0.05) is 25.6 Å². The van der Waals surface area contributed by atoms with E-state index in [0.717, 1.165) is 19.5 Å². The highest BCUT2D eigenvalue weighted by Gasteiger charge is 2.36. The molecule has 11 nitrogen and oxygen atoms in total. The van der Waals surface area contributed by atoms with Crippen LogP contribution in [0.2, 0.25) is 0 Å². The van der Waals surface area contributed by atoms with Crippen LogP contribution < -0.4 is 21.1 Å². The van der Waals surface area contributed by atoms with Gasteiger partial charge in [-0.05, 0) is 24.3 Å². The van der Waals surface area contributed by atoms with E-state index in [0.29, 0.717) is 17.8 Å². The standard InChI is InChI=1S/C21H24N6O5/c1-11-7-12(2)10-26(9-11)21-24-18-17(20(30)25-21)13(8-16(28)23-18)19(29)22-14-5-3-4-6-15(14)27(31)32/h3-6,11-13H,7-10H2,1-2H3,(H,22,29)(H2,23,24,25,28,30)/t11-,12-,13-/m0/s1. The molecule has 4 rings (SSSR count). The Morgan fingerprint density at radius 2 is 1.91 bits per heavy atom. The second kappa shape index (κ2) is 8.40. The molecule has 3 N–H and O–H groups in total. The fourth-order valence-corrected chi connectivity index (χ4v) is 4.53. The number of carbonyl (C=O) groups excluding carboxylic acids is 2. The van der Waals surface area contributed by atoms with E-state index in [1.807, 2.05) is 4.90 Å². The summed E-state index contributed by atoms with van der Waals surface area (Å²) in [5.74, 6) is -1.01. The number of anilines is 3. The number of rotatable bonds is 4. The average Bonchev–Trinajstić information content (AvgIpc) is 2.72. The van der Waals surface area contributed by atoms with Gasteiger partial charge in [-0.25, -0.2) is 0 Å². The fourth-order valence-electron chi connectivity index (χ4n) is 4.53. The summed E-state index contributed by atoms with van der Waals surface area (Å²) in [6.45, 7) is 5.71. The lowest BCUT2D eigenvalue weighted by Crippen LogP contribution is -2.42. The topological polar surface area (TPSA) is 150 Å². The monoisotopic (exact) mass is 440 g/mol. The van der Waals surface area contributed by atoms with E-state index in [1.54, 1.807) is 6.07 Å². The van der Waals surface area contributed by atoms with Gasteiger partial charge in [0.05, 0.1) is 16.4 Å². The molecule has 0 radical (unpaired) electrons. The van der Waals surface area contributed by atoms with Crippen molar-refractivity contribution in [1.82, 2.24) is 9.97 Å². The molecule has 168 valence electrons. The van der Waals surface area contributed by atoms with Crippen LogP contribution in [0.25, 0.3) is 0 Å². The van der Waals surface area contributed by atoms with Crippen molar-refractivity contribution in [2.24, 2.45) is 11.8 Å². The fraction of sp³-hybridized carbons (Fsp3) is 0.429. The second-order valence-electron chi connectivity index (χ2n) is 8.57. The molecule has 3 heterocycles. The number of aromatic nitrogens is 2. The zero-order valence-corrected chi connectivity index (χ0v) is 17.8. The van der Waals surface area contributed by atoms with Crippen molar-refractivity contribution in [3.63, 3.8) is 0 Å². The molecular weight excluding hydrogens is 416 g/mol. The molecule has 1 saturated heterocycles. The first-order valence-corrected chi connectivity index (χ1v) is 10.5. The third-order valence-corrected chi connectivity index (χ3v) is 5.78. The predicted molar refractivity (Wildman–Crippen MR) is 118 cm³/mol. The molecule has 0 spiro atoms. The molecular formula is C21H24N6O5. The van der Waals surface area contributed by atoms with Gasteiger partial charge in [-0.15, -0.1) is 0 Å². The van der Waals surface area contributed by atoms with Gasteiger partial charge in [0.25, 0.3) is 11.2 Å². The number of nitro groups is 1. The van der Waals surface area contributed by atoms with Crippen molar-refractivity contribution in [1.29, 1.82) is 0 Å². The summed E-state index contributed by atoms with van der Waals surface area (Å²) in [5.41, 5.74) is -0.759. The highest BCUT2D eigenvalue weighted by Crippen LogP contribution is 2.32. The first-order valence-electron chi connectivity index (χ1n) is 10.5. The van der Waals surface area contributed by atoms with Gasteiger partial charge in [-0.3, -0.25) is 29.5 Å². The molecule has 0 aliphatic carbocycles. The van der Waals surface area contributed by atoms with Crippen LogP contribution in [0.5, 0.6) is 0 Å². The Bertz CT molecular complexity index is 1140. The van der Waals surface area contributed by atoms with Crippen LogP contribution in [-0.2, 0) is 9.59 Å². The summed E-state index contributed by atoms with van der Waals surface area (Å²) in [6.07, 6.45) is 0.817. The van der Waals surface area contributed by atoms with Crippen LogP contribution in [0.3, 0.4) is 0 Å². The quantitative estimate of drug-likeness (QED) is 0.487. The predicted octanol–water partition coefficient (Wildman–Crippen LogP) is 2.22. The summed E-state index contributed by atoms with van der Waals surface area (Å²) in [7, 11) is 0. The van der Waals surface area contributed by atoms with Crippen LogP contribution in [0, 0.1) is 22.0 Å². The number of nitrogens with one attached hydrogen (secondary N) is 3. The largest absolute Gasteiger partial charge is 0.342 e. The number of piperidine rings is 1. The molecule has 1 aromatic heterocycles. The van der Waals surface area contributed by atoms with Crippen LogP contribution in [0.15, 0.2) is 29.1 Å². The summed E-state index contributed by atoms with van der Waals surface area (Å²) >= 11 is 0. The minimum Gasteiger partial charge on any atom is -0.342 e. The van der Waals surface area contributed by atoms with Crippen LogP contribution in [0.1, 0.15) is 38.2 Å². The van der Waals surface area contributed by atoms with E-state index in [-0.39, 0.29) is 29.2 Å². The number of para-hydroxylation sites is 2.